The average molecular weight is 301 g/mol. The van der Waals surface area contributed by atoms with E-state index in [1.165, 1.54) is 10.5 Å². The highest BCUT2D eigenvalue weighted by Crippen LogP contribution is 2.41. The highest BCUT2D eigenvalue weighted by atomic mass is 32.2. The number of hydrogen-bond acceptors (Lipinski definition) is 4. The molecule has 1 aliphatic heterocycles. The lowest BCUT2D eigenvalue weighted by Gasteiger charge is -2.31. The van der Waals surface area contributed by atoms with Gasteiger partial charge in [-0.25, -0.2) is 0 Å². The van der Waals surface area contributed by atoms with Gasteiger partial charge in [-0.15, -0.1) is 11.8 Å². The molecule has 110 valence electrons. The van der Waals surface area contributed by atoms with Gasteiger partial charge in [0.05, 0.1) is 7.11 Å². The molecule has 1 heterocycles. The standard InChI is InChI=1S/C17H19NO2S/c1-19-12-5-8-16-14(9-12)15(18)10-17(20-16)11-3-6-13(21-2)7-4-11/h3-9,15,17H,10,18H2,1-2H3/t15-,17?/m1/s1. The Hall–Kier alpha value is -1.65. The molecule has 2 N–H and O–H groups in total. The lowest BCUT2D eigenvalue weighted by atomic mass is 9.93. The van der Waals surface area contributed by atoms with E-state index in [4.69, 9.17) is 15.2 Å². The van der Waals surface area contributed by atoms with Crippen LogP contribution in [0.1, 0.15) is 29.7 Å². The Morgan fingerprint density at radius 3 is 2.62 bits per heavy atom. The Balaban J connectivity index is 1.87. The number of thioether (sulfide) groups is 1. The Bertz CT molecular complexity index is 627. The molecule has 1 unspecified atom stereocenters. The van der Waals surface area contributed by atoms with Crippen molar-refractivity contribution >= 4 is 11.8 Å². The molecular weight excluding hydrogens is 282 g/mol. The third-order valence-electron chi connectivity index (χ3n) is 3.84. The molecule has 0 bridgehead atoms. The van der Waals surface area contributed by atoms with Gasteiger partial charge in [-0.05, 0) is 42.2 Å². The van der Waals surface area contributed by atoms with Crippen molar-refractivity contribution < 1.29 is 9.47 Å². The van der Waals surface area contributed by atoms with Crippen molar-refractivity contribution in [2.24, 2.45) is 5.73 Å². The van der Waals surface area contributed by atoms with Gasteiger partial charge in [-0.1, -0.05) is 12.1 Å². The normalized spacial score (nSPS) is 20.5. The molecule has 0 saturated heterocycles. The van der Waals surface area contributed by atoms with Crippen LogP contribution in [0.4, 0.5) is 0 Å². The van der Waals surface area contributed by atoms with Crippen LogP contribution in [0.15, 0.2) is 47.4 Å². The quantitative estimate of drug-likeness (QED) is 0.872. The van der Waals surface area contributed by atoms with Crippen molar-refractivity contribution in [3.05, 3.63) is 53.6 Å². The van der Waals surface area contributed by atoms with Gasteiger partial charge in [0.2, 0.25) is 0 Å². The molecule has 2 aromatic carbocycles. The second-order valence-electron chi connectivity index (χ2n) is 5.13. The lowest BCUT2D eigenvalue weighted by Crippen LogP contribution is -2.24. The van der Waals surface area contributed by atoms with Crippen molar-refractivity contribution in [3.63, 3.8) is 0 Å². The minimum absolute atomic E-state index is 0.0109. The molecule has 0 radical (unpaired) electrons. The van der Waals surface area contributed by atoms with Crippen molar-refractivity contribution in [2.45, 2.75) is 23.5 Å². The molecule has 0 aliphatic carbocycles. The second kappa shape index (κ2) is 6.00. The molecule has 0 amide bonds. The number of ether oxygens (including phenoxy) is 2. The summed E-state index contributed by atoms with van der Waals surface area (Å²) in [4.78, 5) is 1.25. The van der Waals surface area contributed by atoms with E-state index in [9.17, 15) is 0 Å². The molecule has 0 fully saturated rings. The lowest BCUT2D eigenvalue weighted by molar-refractivity contribution is 0.161. The van der Waals surface area contributed by atoms with Crippen LogP contribution in [0.3, 0.4) is 0 Å². The van der Waals surface area contributed by atoms with Gasteiger partial charge < -0.3 is 15.2 Å². The zero-order valence-corrected chi connectivity index (χ0v) is 13.0. The van der Waals surface area contributed by atoms with Gasteiger partial charge in [-0.2, -0.15) is 0 Å². The van der Waals surface area contributed by atoms with Crippen LogP contribution in [-0.4, -0.2) is 13.4 Å². The van der Waals surface area contributed by atoms with Crippen LogP contribution in [0.2, 0.25) is 0 Å². The first-order chi connectivity index (χ1) is 10.2. The van der Waals surface area contributed by atoms with Crippen molar-refractivity contribution in [1.29, 1.82) is 0 Å². The van der Waals surface area contributed by atoms with Crippen molar-refractivity contribution in [3.8, 4) is 11.5 Å². The van der Waals surface area contributed by atoms with Crippen LogP contribution in [0.5, 0.6) is 11.5 Å². The van der Waals surface area contributed by atoms with E-state index in [0.29, 0.717) is 0 Å². The minimum atomic E-state index is -0.0333. The number of fused-ring (bicyclic) bond motifs is 1. The fourth-order valence-corrected chi connectivity index (χ4v) is 3.04. The monoisotopic (exact) mass is 301 g/mol. The Morgan fingerprint density at radius 2 is 1.95 bits per heavy atom. The van der Waals surface area contributed by atoms with Gasteiger partial charge >= 0.3 is 0 Å². The summed E-state index contributed by atoms with van der Waals surface area (Å²) in [5.74, 6) is 1.67. The Kier molecular flexibility index (Phi) is 4.08. The van der Waals surface area contributed by atoms with Gasteiger partial charge in [0.25, 0.3) is 0 Å². The Morgan fingerprint density at radius 1 is 1.19 bits per heavy atom. The van der Waals surface area contributed by atoms with Crippen LogP contribution in [0, 0.1) is 0 Å². The van der Waals surface area contributed by atoms with E-state index in [1.54, 1.807) is 18.9 Å². The Labute approximate surface area is 129 Å². The first kappa shape index (κ1) is 14.3. The summed E-state index contributed by atoms with van der Waals surface area (Å²) in [6.07, 6.45) is 2.86. The SMILES string of the molecule is COc1ccc2c(c1)[C@H](N)CC(c1ccc(SC)cc1)O2. The molecule has 21 heavy (non-hydrogen) atoms. The van der Waals surface area contributed by atoms with Gasteiger partial charge in [-0.3, -0.25) is 0 Å². The largest absolute Gasteiger partial charge is 0.497 e. The molecule has 4 heteroatoms. The zero-order valence-electron chi connectivity index (χ0n) is 12.2. The fraction of sp³-hybridized carbons (Fsp3) is 0.294. The van der Waals surface area contributed by atoms with Gasteiger partial charge in [0.15, 0.2) is 0 Å². The molecule has 3 rings (SSSR count). The van der Waals surface area contributed by atoms with Crippen LogP contribution in [-0.2, 0) is 0 Å². The molecule has 0 aromatic heterocycles. The molecule has 2 aromatic rings. The molecule has 1 aliphatic rings. The summed E-state index contributed by atoms with van der Waals surface area (Å²) in [6.45, 7) is 0. The summed E-state index contributed by atoms with van der Waals surface area (Å²) in [7, 11) is 1.66. The van der Waals surface area contributed by atoms with E-state index in [-0.39, 0.29) is 12.1 Å². The summed E-state index contributed by atoms with van der Waals surface area (Å²) < 4.78 is 11.4. The maximum Gasteiger partial charge on any atom is 0.126 e. The average Bonchev–Trinajstić information content (AvgIpc) is 2.54. The minimum Gasteiger partial charge on any atom is -0.497 e. The fourth-order valence-electron chi connectivity index (χ4n) is 2.63. The highest BCUT2D eigenvalue weighted by Gasteiger charge is 2.27. The van der Waals surface area contributed by atoms with Crippen molar-refractivity contribution in [1.82, 2.24) is 0 Å². The van der Waals surface area contributed by atoms with Gasteiger partial charge in [0, 0.05) is 22.9 Å². The molecule has 0 saturated carbocycles. The number of rotatable bonds is 3. The van der Waals surface area contributed by atoms with E-state index in [0.717, 1.165) is 23.5 Å². The van der Waals surface area contributed by atoms with E-state index in [2.05, 4.69) is 30.5 Å². The number of methoxy groups -OCH3 is 1. The summed E-state index contributed by atoms with van der Waals surface area (Å²) in [6, 6.07) is 14.3. The van der Waals surface area contributed by atoms with E-state index >= 15 is 0 Å². The topological polar surface area (TPSA) is 44.5 Å². The van der Waals surface area contributed by atoms with Gasteiger partial charge in [0.1, 0.15) is 17.6 Å². The van der Waals surface area contributed by atoms with E-state index < -0.39 is 0 Å². The molecule has 3 nitrogen and oxygen atoms in total. The highest BCUT2D eigenvalue weighted by molar-refractivity contribution is 7.98. The van der Waals surface area contributed by atoms with E-state index in [1.807, 2.05) is 18.2 Å². The smallest absolute Gasteiger partial charge is 0.126 e. The first-order valence-electron chi connectivity index (χ1n) is 6.95. The second-order valence-corrected chi connectivity index (χ2v) is 6.01. The maximum atomic E-state index is 6.31. The molecule has 0 spiro atoms. The van der Waals surface area contributed by atoms with Crippen LogP contribution >= 0.6 is 11.8 Å². The number of hydrogen-bond donors (Lipinski definition) is 1. The number of benzene rings is 2. The predicted molar refractivity (Wildman–Crippen MR) is 86.1 cm³/mol. The van der Waals surface area contributed by atoms with Crippen molar-refractivity contribution in [2.75, 3.05) is 13.4 Å². The third-order valence-corrected chi connectivity index (χ3v) is 4.58. The first-order valence-corrected chi connectivity index (χ1v) is 8.18. The molecule has 2 atom stereocenters. The summed E-state index contributed by atoms with van der Waals surface area (Å²) in [5, 5.41) is 0. The van der Waals surface area contributed by atoms with Crippen LogP contribution in [0.25, 0.3) is 0 Å². The molecular formula is C17H19NO2S. The summed E-state index contributed by atoms with van der Waals surface area (Å²) in [5.41, 5.74) is 8.50. The predicted octanol–water partition coefficient (Wildman–Crippen LogP) is 3.94. The summed E-state index contributed by atoms with van der Waals surface area (Å²) >= 11 is 1.74. The third kappa shape index (κ3) is 2.87. The zero-order chi connectivity index (χ0) is 14.8. The van der Waals surface area contributed by atoms with Crippen LogP contribution < -0.4 is 15.2 Å². The maximum absolute atomic E-state index is 6.31. The number of nitrogens with two attached hydrogens (primary N) is 1.